The van der Waals surface area contributed by atoms with Gasteiger partial charge < -0.3 is 4.74 Å². The molecule has 0 radical (unpaired) electrons. The van der Waals surface area contributed by atoms with Crippen LogP contribution in [0.1, 0.15) is 345 Å². The predicted molar refractivity (Wildman–Crippen MR) is 468 cm³/mol. The van der Waals surface area contributed by atoms with Gasteiger partial charge in [-0.05, 0) is 12.8 Å². The van der Waals surface area contributed by atoms with Crippen LogP contribution in [0.5, 0.6) is 0 Å². The molecular formula is C68H156Ag4N16OP8Se8. The second-order valence-electron chi connectivity index (χ2n) is 43.8. The van der Waals surface area contributed by atoms with Crippen LogP contribution in [-0.4, -0.2) is 261 Å². The Morgan fingerprint density at radius 2 is 0.419 bits per heavy atom. The topological polar surface area (TPSA) is 139 Å². The molecule has 0 aromatic carbocycles. The van der Waals surface area contributed by atoms with E-state index in [0.29, 0.717) is 0 Å². The molecule has 105 heavy (non-hydrogen) atoms. The Morgan fingerprint density at radius 3 is 0.514 bits per heavy atom. The zero-order valence-corrected chi connectivity index (χ0v) is 101. The van der Waals surface area contributed by atoms with Crippen LogP contribution in [0.3, 0.4) is 0 Å². The third kappa shape index (κ3) is 32.7. The number of nitrogens with one attached hydrogen (secondary N) is 4. The second-order valence-corrected chi connectivity index (χ2v) is 88.0. The Bertz CT molecular complexity index is 2870. The first-order chi connectivity index (χ1) is 43.1. The van der Waals surface area contributed by atoms with Crippen LogP contribution in [0.4, 0.5) is 0 Å². The summed E-state index contributed by atoms with van der Waals surface area (Å²) in [6, 6.07) is -13.1. The van der Waals surface area contributed by atoms with Gasteiger partial charge in [0.1, 0.15) is 0 Å². The van der Waals surface area contributed by atoms with Crippen molar-refractivity contribution in [3.8, 4) is 0 Å². The van der Waals surface area contributed by atoms with Gasteiger partial charge in [0.05, 0.1) is 0 Å². The summed E-state index contributed by atoms with van der Waals surface area (Å²) in [7, 11) is 0. The van der Waals surface area contributed by atoms with Crippen LogP contribution in [0.2, 0.25) is 0 Å². The number of hydrogen-bond acceptors (Lipinski definition) is 6. The summed E-state index contributed by atoms with van der Waals surface area (Å²) in [5, 5.41) is 3.94. The number of ether oxygens (including phenoxy) is 1. The van der Waals surface area contributed by atoms with Gasteiger partial charge in [-0.2, -0.15) is 0 Å². The van der Waals surface area contributed by atoms with Crippen LogP contribution in [-0.2, 0) is 94.3 Å². The molecule has 5 rings (SSSR count). The zero-order chi connectivity index (χ0) is 81.8. The minimum absolute atomic E-state index is 0. The quantitative estimate of drug-likeness (QED) is 0.148. The molecule has 5 fully saturated rings. The maximum Gasteiger partial charge on any atom is 1.00 e. The van der Waals surface area contributed by atoms with Crippen LogP contribution >= 0.6 is 48.3 Å². The fourth-order valence-corrected chi connectivity index (χ4v) is 135. The van der Waals surface area contributed by atoms with E-state index in [1.165, 1.54) is 12.8 Å². The molecule has 0 aromatic heterocycles. The summed E-state index contributed by atoms with van der Waals surface area (Å²) in [6.07, 6.45) is 2.56. The van der Waals surface area contributed by atoms with E-state index in [1.54, 1.807) is 0 Å². The van der Waals surface area contributed by atoms with Crippen molar-refractivity contribution < 1.29 is 108 Å². The molecule has 0 spiro atoms. The van der Waals surface area contributed by atoms with Gasteiger partial charge in [-0.1, -0.05) is 0 Å². The molecule has 5 heterocycles. The smallest absolute Gasteiger partial charge is 1.00 e. The van der Waals surface area contributed by atoms with Gasteiger partial charge >= 0.3 is 757 Å². The van der Waals surface area contributed by atoms with E-state index in [4.69, 9.17) is 23.7 Å². The number of hydrogen-bond donors (Lipinski definition) is 4. The monoisotopic (exact) mass is 2530 g/mol. The average molecular weight is 2530 g/mol. The molecular weight excluding hydrogens is 2370 g/mol. The largest absolute Gasteiger partial charge is 1.00 e. The molecule has 0 unspecified atom stereocenters. The summed E-state index contributed by atoms with van der Waals surface area (Å²) in [5.41, 5.74) is -0.0650. The Balaban J connectivity index is -0.000000624. The Morgan fingerprint density at radius 1 is 0.276 bits per heavy atom. The summed E-state index contributed by atoms with van der Waals surface area (Å²) < 4.78 is 59.3. The summed E-state index contributed by atoms with van der Waals surface area (Å²) in [5.74, 6) is -1.82. The van der Waals surface area contributed by atoms with Crippen molar-refractivity contribution in [2.24, 2.45) is 19.0 Å². The van der Waals surface area contributed by atoms with E-state index in [2.05, 4.69) is 511 Å². The Hall–Kier alpha value is 8.76. The first-order valence-electron chi connectivity index (χ1n) is 36.1. The maximum atomic E-state index is 5.34. The predicted octanol–water partition coefficient (Wildman–Crippen LogP) is 18.5. The molecule has 0 atom stereocenters. The van der Waals surface area contributed by atoms with Gasteiger partial charge in [-0.3, -0.25) is 0 Å². The maximum absolute atomic E-state index is 5.34. The first-order valence-corrected chi connectivity index (χ1v) is 67.2. The molecule has 0 saturated carbocycles. The zero-order valence-electron chi connectivity index (χ0n) is 74.7. The number of rotatable bonds is 1. The molecule has 4 N–H and O–H groups in total. The number of nitrogens with zero attached hydrogens (tertiary/aromatic N) is 12. The molecule has 37 heteroatoms. The minimum Gasteiger partial charge on any atom is 1.00 e. The summed E-state index contributed by atoms with van der Waals surface area (Å²) in [4.78, 5) is 0. The van der Waals surface area contributed by atoms with Crippen molar-refractivity contribution in [2.75, 3.05) is 13.2 Å². The van der Waals surface area contributed by atoms with Crippen molar-refractivity contribution in [3.63, 3.8) is 0 Å². The van der Waals surface area contributed by atoms with Crippen LogP contribution < -0.4 is 19.3 Å². The van der Waals surface area contributed by atoms with E-state index >= 15 is 0 Å². The van der Waals surface area contributed by atoms with Crippen molar-refractivity contribution in [1.29, 1.82) is 0 Å². The Kier molecular flexibility index (Phi) is 44.7. The van der Waals surface area contributed by atoms with Gasteiger partial charge in [0, 0.05) is 13.2 Å². The van der Waals surface area contributed by atoms with Crippen LogP contribution in [0.25, 0.3) is 0 Å². The van der Waals surface area contributed by atoms with E-state index < -0.39 is 48.3 Å². The fourth-order valence-electron chi connectivity index (χ4n) is 12.7. The second kappa shape index (κ2) is 39.1. The molecule has 5 saturated heterocycles. The van der Waals surface area contributed by atoms with Crippen molar-refractivity contribution >= 4 is 172 Å². The van der Waals surface area contributed by atoms with E-state index in [0.717, 1.165) is 13.2 Å². The molecule has 0 aliphatic carbocycles. The summed E-state index contributed by atoms with van der Waals surface area (Å²) in [6.45, 7) is 110. The summed E-state index contributed by atoms with van der Waals surface area (Å²) >= 11 is 28.7. The molecule has 0 aromatic rings. The molecule has 0 amide bonds. The molecule has 0 bridgehead atoms. The van der Waals surface area contributed by atoms with Gasteiger partial charge in [0.25, 0.3) is 0 Å². The fraction of sp³-hybridized carbons (Fsp3) is 1.00. The molecule has 646 valence electrons. The van der Waals surface area contributed by atoms with Crippen LogP contribution in [0.15, 0.2) is 19.0 Å². The molecule has 17 nitrogen and oxygen atoms in total. The first kappa shape index (κ1) is 120. The normalized spacial score (nSPS) is 29.4. The average Bonchev–Trinajstić information content (AvgIpc) is 0.970. The van der Waals surface area contributed by atoms with Crippen molar-refractivity contribution in [1.82, 2.24) is 40.6 Å². The van der Waals surface area contributed by atoms with Gasteiger partial charge in [-0.15, -0.1) is 0 Å². The molecule has 5 aliphatic heterocycles. The van der Waals surface area contributed by atoms with Gasteiger partial charge in [0.2, 0.25) is 0 Å². The third-order valence-corrected chi connectivity index (χ3v) is 84.3. The third-order valence-electron chi connectivity index (χ3n) is 13.3. The van der Waals surface area contributed by atoms with E-state index in [-0.39, 0.29) is 178 Å². The van der Waals surface area contributed by atoms with Gasteiger partial charge in [-0.25, -0.2) is 0 Å². The minimum atomic E-state index is -1.91. The van der Waals surface area contributed by atoms with E-state index in [1.807, 2.05) is 0 Å². The van der Waals surface area contributed by atoms with Crippen LogP contribution in [0, 0.1) is 0 Å². The van der Waals surface area contributed by atoms with Crippen molar-refractivity contribution in [3.05, 3.63) is 0 Å². The Labute approximate surface area is 777 Å². The van der Waals surface area contributed by atoms with Gasteiger partial charge in [0.15, 0.2) is 0 Å². The van der Waals surface area contributed by atoms with Crippen molar-refractivity contribution in [2.45, 2.75) is 434 Å². The SMILES string of the molecule is C1CCOC1.CC(C)(C)N=P1([Se-])N(C(C)(C)C)P(=[Se])(NC(C)(C)C)N1C(C)(C)C.CC(C)(C)N=P1([Se-])N(C(C)(C)C)P([Se-])(=[NH+]C(C)(C)C)N1C(C)(C)C.CC(C)(C)N=P1([Se-])N(C(C)(C)C)P([Se-])(=[NH+]C(C)(C)C)N1C(C)(C)C.CC(C)(C)N=P1([Se-])N(C(C)(C)C)P([Se-])(=[NH+]C(C)(C)C)N1C(C)(C)C.[Ag+].[Ag+].[Ag+].[Ag+]. The van der Waals surface area contributed by atoms with E-state index in [9.17, 15) is 0 Å². The molecule has 5 aliphatic rings. The standard InChI is InChI=1S/C16H37N4P2Se2.3C16H36N4P2Se2.C4H8O.4Ag/c4*1-13(2,3)17-21(23)19(15(7,8)9)22(24,18-14(4,5)6)20(21)16(10,11)12;1-2-4-5-3-1;;;;/h1-12H3,(H-,17,23,24);3*1-12H3;1-4H2;;;;/q-1;3*-2;;4*+1/p+3.